The van der Waals surface area contributed by atoms with E-state index in [0.29, 0.717) is 15.6 Å². The van der Waals surface area contributed by atoms with Crippen molar-refractivity contribution in [3.05, 3.63) is 33.1 Å². The van der Waals surface area contributed by atoms with E-state index in [-0.39, 0.29) is 12.5 Å². The summed E-state index contributed by atoms with van der Waals surface area (Å²) in [7, 11) is 0. The largest absolute Gasteiger partial charge is 0.481 e. The number of amides is 1. The predicted octanol–water partition coefficient (Wildman–Crippen LogP) is 2.66. The molecule has 1 amide bonds. The molecule has 0 atom stereocenters. The van der Waals surface area contributed by atoms with Gasteiger partial charge in [0.1, 0.15) is 5.82 Å². The Morgan fingerprint density at radius 3 is 2.58 bits per heavy atom. The minimum atomic E-state index is -0.905. The number of aliphatic carboxylic acids is 1. The number of carboxylic acid groups (broad SMARTS) is 1. The van der Waals surface area contributed by atoms with Crippen molar-refractivity contribution in [3.8, 4) is 0 Å². The smallest absolute Gasteiger partial charge is 0.309 e. The second-order valence-electron chi connectivity index (χ2n) is 4.82. The van der Waals surface area contributed by atoms with Crippen molar-refractivity contribution in [2.45, 2.75) is 20.3 Å². The molecule has 0 heterocycles. The molecule has 0 spiro atoms. The number of rotatable bonds is 5. The highest BCUT2D eigenvalue weighted by molar-refractivity contribution is 14.1. The van der Waals surface area contributed by atoms with Crippen LogP contribution in [0.15, 0.2) is 18.2 Å². The Hall–Kier alpha value is -1.18. The van der Waals surface area contributed by atoms with Crippen LogP contribution in [-0.2, 0) is 4.79 Å². The first kappa shape index (κ1) is 15.9. The number of halogens is 2. The zero-order valence-electron chi connectivity index (χ0n) is 10.7. The van der Waals surface area contributed by atoms with E-state index >= 15 is 0 Å². The standard InChI is InChI=1S/C13H15FINO3/c1-13(2,12(18)19)5-6-16-11(17)9-4-3-8(14)7-10(9)15/h3-4,7H,5-6H2,1-2H3,(H,16,17)(H,18,19). The Balaban J connectivity index is 2.59. The minimum absolute atomic E-state index is 0.256. The zero-order valence-corrected chi connectivity index (χ0v) is 12.8. The maximum absolute atomic E-state index is 12.9. The van der Waals surface area contributed by atoms with Crippen LogP contribution in [0.5, 0.6) is 0 Å². The molecule has 19 heavy (non-hydrogen) atoms. The van der Waals surface area contributed by atoms with E-state index in [1.807, 2.05) is 22.6 Å². The number of carbonyl (C=O) groups is 2. The summed E-state index contributed by atoms with van der Waals surface area (Å²) in [5, 5.41) is 11.6. The highest BCUT2D eigenvalue weighted by Gasteiger charge is 2.26. The van der Waals surface area contributed by atoms with Gasteiger partial charge in [-0.25, -0.2) is 4.39 Å². The second-order valence-corrected chi connectivity index (χ2v) is 5.98. The molecule has 0 saturated carbocycles. The van der Waals surface area contributed by atoms with Crippen molar-refractivity contribution in [1.82, 2.24) is 5.32 Å². The molecule has 6 heteroatoms. The van der Waals surface area contributed by atoms with Crippen molar-refractivity contribution < 1.29 is 19.1 Å². The van der Waals surface area contributed by atoms with E-state index in [0.717, 1.165) is 0 Å². The molecular formula is C13H15FINO3. The second kappa shape index (κ2) is 6.31. The number of hydrogen-bond acceptors (Lipinski definition) is 2. The molecule has 0 radical (unpaired) electrons. The predicted molar refractivity (Wildman–Crippen MR) is 77.5 cm³/mol. The fourth-order valence-corrected chi connectivity index (χ4v) is 2.09. The van der Waals surface area contributed by atoms with E-state index in [2.05, 4.69) is 5.32 Å². The molecule has 0 saturated heterocycles. The van der Waals surface area contributed by atoms with Crippen LogP contribution in [0.3, 0.4) is 0 Å². The summed E-state index contributed by atoms with van der Waals surface area (Å²) in [5.41, 5.74) is -0.501. The van der Waals surface area contributed by atoms with Gasteiger partial charge in [0.2, 0.25) is 0 Å². The average Bonchev–Trinajstić information content (AvgIpc) is 2.28. The fourth-order valence-electron chi connectivity index (χ4n) is 1.36. The maximum atomic E-state index is 12.9. The van der Waals surface area contributed by atoms with E-state index in [1.165, 1.54) is 18.2 Å². The summed E-state index contributed by atoms with van der Waals surface area (Å²) in [6.45, 7) is 3.46. The molecular weight excluding hydrogens is 364 g/mol. The van der Waals surface area contributed by atoms with Gasteiger partial charge >= 0.3 is 5.97 Å². The van der Waals surface area contributed by atoms with Gasteiger partial charge in [0.05, 0.1) is 11.0 Å². The molecule has 1 aromatic carbocycles. The number of carbonyl (C=O) groups excluding carboxylic acids is 1. The molecule has 1 aromatic rings. The topological polar surface area (TPSA) is 66.4 Å². The molecule has 0 aliphatic carbocycles. The van der Waals surface area contributed by atoms with Crippen LogP contribution < -0.4 is 5.32 Å². The summed E-state index contributed by atoms with van der Waals surface area (Å²) in [5.74, 6) is -1.63. The molecule has 4 nitrogen and oxygen atoms in total. The van der Waals surface area contributed by atoms with Gasteiger partial charge in [-0.3, -0.25) is 9.59 Å². The van der Waals surface area contributed by atoms with Crippen molar-refractivity contribution in [2.75, 3.05) is 6.54 Å². The minimum Gasteiger partial charge on any atom is -0.481 e. The monoisotopic (exact) mass is 379 g/mol. The molecule has 0 aliphatic rings. The van der Waals surface area contributed by atoms with Gasteiger partial charge < -0.3 is 10.4 Å². The van der Waals surface area contributed by atoms with E-state index in [1.54, 1.807) is 13.8 Å². The van der Waals surface area contributed by atoms with E-state index in [4.69, 9.17) is 5.11 Å². The van der Waals surface area contributed by atoms with Crippen molar-refractivity contribution in [1.29, 1.82) is 0 Å². The third-order valence-corrected chi connectivity index (χ3v) is 3.68. The summed E-state index contributed by atoms with van der Waals surface area (Å²) in [6.07, 6.45) is 0.325. The number of nitrogens with one attached hydrogen (secondary N) is 1. The zero-order chi connectivity index (χ0) is 14.6. The summed E-state index contributed by atoms with van der Waals surface area (Å²) in [4.78, 5) is 22.7. The van der Waals surface area contributed by atoms with Crippen LogP contribution in [0.4, 0.5) is 4.39 Å². The molecule has 0 fully saturated rings. The van der Waals surface area contributed by atoms with Crippen LogP contribution in [0.2, 0.25) is 0 Å². The lowest BCUT2D eigenvalue weighted by Crippen LogP contribution is -2.32. The highest BCUT2D eigenvalue weighted by atomic mass is 127. The van der Waals surface area contributed by atoms with Crippen molar-refractivity contribution in [2.24, 2.45) is 5.41 Å². The Bertz CT molecular complexity index is 503. The number of carboxylic acids is 1. The van der Waals surface area contributed by atoms with Crippen LogP contribution in [-0.4, -0.2) is 23.5 Å². The Labute approximate surface area is 124 Å². The summed E-state index contributed by atoms with van der Waals surface area (Å²) in [6, 6.07) is 3.91. The highest BCUT2D eigenvalue weighted by Crippen LogP contribution is 2.19. The van der Waals surface area contributed by atoms with Gasteiger partial charge in [0, 0.05) is 10.1 Å². The van der Waals surface area contributed by atoms with Gasteiger partial charge in [-0.15, -0.1) is 0 Å². The maximum Gasteiger partial charge on any atom is 0.309 e. The number of hydrogen-bond donors (Lipinski definition) is 2. The van der Waals surface area contributed by atoms with Gasteiger partial charge in [-0.1, -0.05) is 0 Å². The lowest BCUT2D eigenvalue weighted by Gasteiger charge is -2.19. The fraction of sp³-hybridized carbons (Fsp3) is 0.385. The van der Waals surface area contributed by atoms with Crippen LogP contribution in [0.25, 0.3) is 0 Å². The molecule has 0 unspecified atom stereocenters. The third-order valence-electron chi connectivity index (χ3n) is 2.79. The van der Waals surface area contributed by atoms with Crippen LogP contribution in [0, 0.1) is 14.8 Å². The van der Waals surface area contributed by atoms with Crippen LogP contribution >= 0.6 is 22.6 Å². The number of benzene rings is 1. The van der Waals surface area contributed by atoms with Gasteiger partial charge in [0.25, 0.3) is 5.91 Å². The first-order chi connectivity index (χ1) is 8.74. The Morgan fingerprint density at radius 1 is 1.42 bits per heavy atom. The van der Waals surface area contributed by atoms with E-state index < -0.39 is 17.2 Å². The van der Waals surface area contributed by atoms with Crippen molar-refractivity contribution >= 4 is 34.5 Å². The summed E-state index contributed by atoms with van der Waals surface area (Å²) >= 11 is 1.88. The van der Waals surface area contributed by atoms with Crippen molar-refractivity contribution in [3.63, 3.8) is 0 Å². The van der Waals surface area contributed by atoms with Gasteiger partial charge in [-0.05, 0) is 61.1 Å². The Kier molecular flexibility index (Phi) is 5.28. The van der Waals surface area contributed by atoms with E-state index in [9.17, 15) is 14.0 Å². The molecule has 1 rings (SSSR count). The Morgan fingerprint density at radius 2 is 2.05 bits per heavy atom. The molecule has 0 aromatic heterocycles. The molecule has 0 aliphatic heterocycles. The normalized spacial score (nSPS) is 11.2. The third kappa shape index (κ3) is 4.45. The quantitative estimate of drug-likeness (QED) is 0.774. The summed E-state index contributed by atoms with van der Waals surface area (Å²) < 4.78 is 13.4. The first-order valence-corrected chi connectivity index (χ1v) is 6.78. The first-order valence-electron chi connectivity index (χ1n) is 5.70. The van der Waals surface area contributed by atoms with Gasteiger partial charge in [0.15, 0.2) is 0 Å². The lowest BCUT2D eigenvalue weighted by atomic mass is 9.90. The van der Waals surface area contributed by atoms with Gasteiger partial charge in [-0.2, -0.15) is 0 Å². The molecule has 2 N–H and O–H groups in total. The lowest BCUT2D eigenvalue weighted by molar-refractivity contribution is -0.147. The SMILES string of the molecule is CC(C)(CCNC(=O)c1ccc(F)cc1I)C(=O)O. The average molecular weight is 379 g/mol. The molecule has 0 bridgehead atoms. The molecule has 104 valence electrons. The van der Waals surface area contributed by atoms with Crippen LogP contribution in [0.1, 0.15) is 30.6 Å².